The predicted octanol–water partition coefficient (Wildman–Crippen LogP) is 4.32. The van der Waals surface area contributed by atoms with E-state index in [-0.39, 0.29) is 7.92 Å². The van der Waals surface area contributed by atoms with Crippen molar-refractivity contribution in [3.8, 4) is 11.8 Å². The largest absolute Gasteiger partial charge is 0.306 e. The molecule has 0 radical (unpaired) electrons. The van der Waals surface area contributed by atoms with E-state index in [1.54, 1.807) is 18.1 Å². The summed E-state index contributed by atoms with van der Waals surface area (Å²) >= 11 is 0. The van der Waals surface area contributed by atoms with Crippen molar-refractivity contribution in [3.63, 3.8) is 0 Å². The third kappa shape index (κ3) is 1.77. The van der Waals surface area contributed by atoms with Crippen LogP contribution in [0.5, 0.6) is 0 Å². The van der Waals surface area contributed by atoms with E-state index in [1.807, 2.05) is 0 Å². The fraction of sp³-hybridized carbons (Fsp3) is 0.667. The number of hydrogen-bond acceptors (Lipinski definition) is 1. The van der Waals surface area contributed by atoms with Crippen LogP contribution in [0.3, 0.4) is 0 Å². The summed E-state index contributed by atoms with van der Waals surface area (Å²) in [5.41, 5.74) is 3.18. The molecule has 9 unspecified atom stereocenters. The molecular weight excluding hydrogens is 333 g/mol. The molecule has 2 spiro atoms. The zero-order valence-electron chi connectivity index (χ0n) is 16.3. The lowest BCUT2D eigenvalue weighted by atomic mass is 9.64. The molecule has 0 amide bonds. The highest BCUT2D eigenvalue weighted by Gasteiger charge is 2.96. The van der Waals surface area contributed by atoms with Crippen molar-refractivity contribution in [2.24, 2.45) is 28.6 Å². The van der Waals surface area contributed by atoms with Crippen molar-refractivity contribution >= 4 is 13.2 Å². The van der Waals surface area contributed by atoms with Gasteiger partial charge in [0.1, 0.15) is 0 Å². The van der Waals surface area contributed by atoms with Gasteiger partial charge in [0, 0.05) is 18.1 Å². The molecule has 6 aliphatic carbocycles. The first-order valence-corrected chi connectivity index (χ1v) is 12.0. The molecule has 1 aromatic rings. The summed E-state index contributed by atoms with van der Waals surface area (Å²) in [7, 11) is 4.33. The van der Waals surface area contributed by atoms with E-state index in [4.69, 9.17) is 0 Å². The van der Waals surface area contributed by atoms with Gasteiger partial charge in [0.15, 0.2) is 0 Å². The van der Waals surface area contributed by atoms with Gasteiger partial charge in [0.25, 0.3) is 0 Å². The second-order valence-electron chi connectivity index (χ2n) is 10.1. The minimum absolute atomic E-state index is 0.178. The highest BCUT2D eigenvalue weighted by molar-refractivity contribution is 7.67. The minimum Gasteiger partial charge on any atom is -0.306 e. The molecule has 9 atom stereocenters. The van der Waals surface area contributed by atoms with Gasteiger partial charge in [0.2, 0.25) is 0 Å². The van der Waals surface area contributed by atoms with Crippen LogP contribution < -0.4 is 5.30 Å². The predicted molar refractivity (Wildman–Crippen MR) is 110 cm³/mol. The first-order valence-electron chi connectivity index (χ1n) is 10.6. The van der Waals surface area contributed by atoms with Crippen LogP contribution in [0, 0.1) is 40.4 Å². The lowest BCUT2D eigenvalue weighted by Gasteiger charge is -2.42. The van der Waals surface area contributed by atoms with Gasteiger partial charge in [-0.1, -0.05) is 44.2 Å². The molecule has 0 N–H and O–H groups in total. The van der Waals surface area contributed by atoms with Gasteiger partial charge in [-0.2, -0.15) is 0 Å². The number of hydrogen-bond donors (Lipinski definition) is 0. The van der Waals surface area contributed by atoms with Gasteiger partial charge in [-0.15, -0.1) is 5.92 Å². The lowest BCUT2D eigenvalue weighted by Crippen LogP contribution is -2.42. The Kier molecular flexibility index (Phi) is 3.20. The molecule has 0 aromatic heterocycles. The average Bonchev–Trinajstić information content (AvgIpc) is 2.98. The molecule has 5 saturated carbocycles. The van der Waals surface area contributed by atoms with Crippen LogP contribution in [0.1, 0.15) is 39.0 Å². The number of nitrogens with zero attached hydrogens (tertiary/aromatic N) is 1. The van der Waals surface area contributed by atoms with Crippen LogP contribution in [0.15, 0.2) is 30.3 Å². The third-order valence-electron chi connectivity index (χ3n) is 9.11. The maximum Gasteiger partial charge on any atom is 0.0489 e. The standard InChI is InChI=1S/C24H30NP/c1-16(25(2)3)18-11-7-8-12-20(18)26(17-9-5-4-6-10-17)21-14-23-13-19-22(23)24(19,21)15-23/h4-6,9-10,16,18-22H,7,11,13-15H2,1-3H3. The van der Waals surface area contributed by atoms with Crippen molar-refractivity contribution in [1.82, 2.24) is 4.90 Å². The highest BCUT2D eigenvalue weighted by atomic mass is 31.1. The van der Waals surface area contributed by atoms with E-state index < -0.39 is 0 Å². The minimum atomic E-state index is -0.178. The van der Waals surface area contributed by atoms with Gasteiger partial charge in [-0.05, 0) is 86.2 Å². The molecule has 0 heterocycles. The van der Waals surface area contributed by atoms with Crippen LogP contribution in [0.25, 0.3) is 0 Å². The molecule has 7 rings (SSSR count). The van der Waals surface area contributed by atoms with E-state index in [0.717, 1.165) is 40.7 Å². The third-order valence-corrected chi connectivity index (χ3v) is 12.5. The van der Waals surface area contributed by atoms with Gasteiger partial charge < -0.3 is 4.90 Å². The van der Waals surface area contributed by atoms with Gasteiger partial charge >= 0.3 is 0 Å². The molecule has 6 aliphatic rings. The van der Waals surface area contributed by atoms with Crippen molar-refractivity contribution in [2.75, 3.05) is 14.1 Å². The summed E-state index contributed by atoms with van der Waals surface area (Å²) in [6.07, 6.45) is 7.10. The Balaban J connectivity index is 1.41. The van der Waals surface area contributed by atoms with Crippen LogP contribution in [0.2, 0.25) is 0 Å². The smallest absolute Gasteiger partial charge is 0.0489 e. The normalized spacial score (nSPS) is 48.5. The molecule has 5 fully saturated rings. The van der Waals surface area contributed by atoms with Gasteiger partial charge in [-0.25, -0.2) is 0 Å². The molecule has 0 aliphatic heterocycles. The fourth-order valence-electron chi connectivity index (χ4n) is 7.92. The summed E-state index contributed by atoms with van der Waals surface area (Å²) in [6.45, 7) is 2.44. The van der Waals surface area contributed by atoms with E-state index in [0.29, 0.717) is 11.7 Å². The van der Waals surface area contributed by atoms with Crippen LogP contribution >= 0.6 is 7.92 Å². The Hall–Kier alpha value is -0.830. The van der Waals surface area contributed by atoms with Crippen molar-refractivity contribution in [2.45, 2.75) is 56.4 Å². The van der Waals surface area contributed by atoms with Crippen molar-refractivity contribution in [1.29, 1.82) is 0 Å². The summed E-state index contributed by atoms with van der Waals surface area (Å²) in [4.78, 5) is 2.44. The first-order chi connectivity index (χ1) is 12.6. The monoisotopic (exact) mass is 363 g/mol. The van der Waals surface area contributed by atoms with Crippen molar-refractivity contribution in [3.05, 3.63) is 30.3 Å². The Labute approximate surface area is 159 Å². The number of rotatable bonds is 5. The Morgan fingerprint density at radius 1 is 1.19 bits per heavy atom. The first kappa shape index (κ1) is 16.2. The number of benzene rings is 1. The van der Waals surface area contributed by atoms with E-state index in [9.17, 15) is 0 Å². The summed E-state index contributed by atoms with van der Waals surface area (Å²) in [6, 6.07) is 12.2. The lowest BCUT2D eigenvalue weighted by molar-refractivity contribution is 0.0881. The van der Waals surface area contributed by atoms with E-state index in [2.05, 4.69) is 68.1 Å². The van der Waals surface area contributed by atoms with Crippen LogP contribution in [0.4, 0.5) is 0 Å². The summed E-state index contributed by atoms with van der Waals surface area (Å²) in [5, 5.41) is 1.65. The molecule has 2 bridgehead atoms. The summed E-state index contributed by atoms with van der Waals surface area (Å²) < 4.78 is 0. The van der Waals surface area contributed by atoms with Gasteiger partial charge in [-0.3, -0.25) is 0 Å². The maximum atomic E-state index is 3.83. The molecule has 136 valence electrons. The maximum absolute atomic E-state index is 3.83. The second kappa shape index (κ2) is 5.16. The number of fused-ring (bicyclic) bond motifs is 1. The van der Waals surface area contributed by atoms with E-state index >= 15 is 0 Å². The Bertz CT molecular complexity index is 806. The van der Waals surface area contributed by atoms with Crippen LogP contribution in [-0.2, 0) is 0 Å². The molecule has 1 aromatic carbocycles. The average molecular weight is 363 g/mol. The molecule has 26 heavy (non-hydrogen) atoms. The quantitative estimate of drug-likeness (QED) is 0.556. The SMILES string of the molecule is CC(C1CCC#CC1P(c1ccccc1)C1CC23CC4C2C41C3)N(C)C. The van der Waals surface area contributed by atoms with E-state index in [1.165, 1.54) is 12.8 Å². The van der Waals surface area contributed by atoms with Crippen molar-refractivity contribution < 1.29 is 0 Å². The molecule has 0 saturated heterocycles. The Morgan fingerprint density at radius 2 is 2.00 bits per heavy atom. The zero-order valence-corrected chi connectivity index (χ0v) is 17.2. The molecular formula is C24H30NP. The summed E-state index contributed by atoms with van der Waals surface area (Å²) in [5.74, 6) is 10.4. The van der Waals surface area contributed by atoms with Crippen LogP contribution in [-0.4, -0.2) is 36.4 Å². The Morgan fingerprint density at radius 3 is 2.62 bits per heavy atom. The highest BCUT2D eigenvalue weighted by Crippen LogP contribution is 3.02. The topological polar surface area (TPSA) is 3.24 Å². The zero-order chi connectivity index (χ0) is 17.7. The fourth-order valence-corrected chi connectivity index (χ4v) is 12.1. The molecule has 2 heteroatoms. The molecule has 1 nitrogen and oxygen atoms in total. The van der Waals surface area contributed by atoms with Gasteiger partial charge in [0.05, 0.1) is 0 Å². The second-order valence-corrected chi connectivity index (χ2v) is 12.6.